The number of carbonyl (C=O) groups is 1. The lowest BCUT2D eigenvalue weighted by Crippen LogP contribution is -2.33. The predicted octanol–water partition coefficient (Wildman–Crippen LogP) is 0.502. The van der Waals surface area contributed by atoms with Gasteiger partial charge in [0.15, 0.2) is 0 Å². The van der Waals surface area contributed by atoms with Crippen LogP contribution in [0.4, 0.5) is 0 Å². The monoisotopic (exact) mass is 179 g/mol. The molecule has 4 heteroatoms. The van der Waals surface area contributed by atoms with Crippen molar-refractivity contribution in [3.63, 3.8) is 0 Å². The number of hydrogen-bond acceptors (Lipinski definition) is 2. The second-order valence-electron chi connectivity index (χ2n) is 2.42. The van der Waals surface area contributed by atoms with Gasteiger partial charge in [-0.1, -0.05) is 0 Å². The Kier molecular flexibility index (Phi) is 6.27. The topological polar surface area (TPSA) is 49.3 Å². The molecule has 0 fully saturated rings. The fourth-order valence-corrected chi connectivity index (χ4v) is 0.870. The molecule has 0 heterocycles. The number of rotatable bonds is 5. The summed E-state index contributed by atoms with van der Waals surface area (Å²) in [6.07, 6.45) is 0.936. The van der Waals surface area contributed by atoms with Crippen LogP contribution in [0.1, 0.15) is 19.8 Å². The first-order valence-corrected chi connectivity index (χ1v) is 4.20. The van der Waals surface area contributed by atoms with Gasteiger partial charge >= 0.3 is 0 Å². The van der Waals surface area contributed by atoms with Gasteiger partial charge in [-0.25, -0.2) is 0 Å². The SMILES string of the molecule is CC(CCO)NC(=O)CCCl. The Morgan fingerprint density at radius 1 is 1.73 bits per heavy atom. The molecule has 1 unspecified atom stereocenters. The number of aliphatic hydroxyl groups excluding tert-OH is 1. The largest absolute Gasteiger partial charge is 0.396 e. The summed E-state index contributed by atoms with van der Waals surface area (Å²) in [5.74, 6) is 0.290. The second-order valence-corrected chi connectivity index (χ2v) is 2.80. The van der Waals surface area contributed by atoms with Crippen LogP contribution in [0.25, 0.3) is 0 Å². The Balaban J connectivity index is 3.40. The number of alkyl halides is 1. The van der Waals surface area contributed by atoms with E-state index in [0.717, 1.165) is 0 Å². The van der Waals surface area contributed by atoms with E-state index in [2.05, 4.69) is 5.32 Å². The molecule has 0 aliphatic carbocycles. The maximum atomic E-state index is 10.9. The van der Waals surface area contributed by atoms with Crippen molar-refractivity contribution >= 4 is 17.5 Å². The average Bonchev–Trinajstić information content (AvgIpc) is 1.87. The lowest BCUT2D eigenvalue weighted by Gasteiger charge is -2.10. The van der Waals surface area contributed by atoms with Gasteiger partial charge in [0.25, 0.3) is 0 Å². The van der Waals surface area contributed by atoms with E-state index in [4.69, 9.17) is 16.7 Å². The predicted molar refractivity (Wildman–Crippen MR) is 44.6 cm³/mol. The van der Waals surface area contributed by atoms with Crippen LogP contribution >= 0.6 is 11.6 Å². The fraction of sp³-hybridized carbons (Fsp3) is 0.857. The normalized spacial score (nSPS) is 12.6. The number of halogens is 1. The summed E-state index contributed by atoms with van der Waals surface area (Å²) in [7, 11) is 0. The van der Waals surface area contributed by atoms with E-state index in [9.17, 15) is 4.79 Å². The minimum Gasteiger partial charge on any atom is -0.396 e. The lowest BCUT2D eigenvalue weighted by atomic mass is 10.2. The van der Waals surface area contributed by atoms with Gasteiger partial charge in [0.05, 0.1) is 0 Å². The van der Waals surface area contributed by atoms with Crippen LogP contribution in [0, 0.1) is 0 Å². The maximum absolute atomic E-state index is 10.9. The van der Waals surface area contributed by atoms with Gasteiger partial charge in [-0.3, -0.25) is 4.79 Å². The molecule has 1 amide bonds. The minimum atomic E-state index is -0.0547. The van der Waals surface area contributed by atoms with E-state index in [1.54, 1.807) is 0 Å². The molecule has 0 saturated heterocycles. The van der Waals surface area contributed by atoms with E-state index < -0.39 is 0 Å². The van der Waals surface area contributed by atoms with Gasteiger partial charge in [-0.15, -0.1) is 11.6 Å². The van der Waals surface area contributed by atoms with E-state index in [1.807, 2.05) is 6.92 Å². The fourth-order valence-electron chi connectivity index (χ4n) is 0.699. The smallest absolute Gasteiger partial charge is 0.221 e. The highest BCUT2D eigenvalue weighted by Gasteiger charge is 2.04. The third-order valence-electron chi connectivity index (χ3n) is 1.29. The molecule has 0 aromatic heterocycles. The summed E-state index contributed by atoms with van der Waals surface area (Å²) in [6.45, 7) is 1.95. The maximum Gasteiger partial charge on any atom is 0.221 e. The minimum absolute atomic E-state index is 0.0377. The van der Waals surface area contributed by atoms with Crippen LogP contribution in [0.15, 0.2) is 0 Å². The van der Waals surface area contributed by atoms with Crippen molar-refractivity contribution < 1.29 is 9.90 Å². The van der Waals surface area contributed by atoms with Gasteiger partial charge < -0.3 is 10.4 Å². The molecule has 0 aromatic carbocycles. The number of hydrogen-bond donors (Lipinski definition) is 2. The van der Waals surface area contributed by atoms with Crippen molar-refractivity contribution in [3.05, 3.63) is 0 Å². The first-order chi connectivity index (χ1) is 5.20. The summed E-state index contributed by atoms with van der Waals surface area (Å²) in [5.41, 5.74) is 0. The quantitative estimate of drug-likeness (QED) is 0.604. The van der Waals surface area contributed by atoms with E-state index in [0.29, 0.717) is 18.7 Å². The van der Waals surface area contributed by atoms with Gasteiger partial charge in [0.2, 0.25) is 5.91 Å². The summed E-state index contributed by atoms with van der Waals surface area (Å²) >= 11 is 5.35. The molecule has 0 aromatic rings. The van der Waals surface area contributed by atoms with Crippen LogP contribution in [0.5, 0.6) is 0 Å². The molecule has 0 saturated carbocycles. The Morgan fingerprint density at radius 3 is 2.82 bits per heavy atom. The molecule has 3 nitrogen and oxygen atoms in total. The zero-order valence-electron chi connectivity index (χ0n) is 6.64. The zero-order valence-corrected chi connectivity index (χ0v) is 7.40. The Labute approximate surface area is 71.7 Å². The summed E-state index contributed by atoms with van der Waals surface area (Å²) < 4.78 is 0. The Bertz CT molecular complexity index is 119. The molecule has 0 aliphatic heterocycles. The number of aliphatic hydroxyl groups is 1. The molecule has 0 bridgehead atoms. The molecule has 66 valence electrons. The second kappa shape index (κ2) is 6.43. The lowest BCUT2D eigenvalue weighted by molar-refractivity contribution is -0.121. The van der Waals surface area contributed by atoms with Crippen LogP contribution < -0.4 is 5.32 Å². The molecule has 0 spiro atoms. The van der Waals surface area contributed by atoms with Crippen molar-refractivity contribution in [3.8, 4) is 0 Å². The van der Waals surface area contributed by atoms with E-state index >= 15 is 0 Å². The summed E-state index contributed by atoms with van der Waals surface area (Å²) in [6, 6.07) is 0.0377. The van der Waals surface area contributed by atoms with Crippen LogP contribution in [0.3, 0.4) is 0 Å². The van der Waals surface area contributed by atoms with Gasteiger partial charge in [0, 0.05) is 24.9 Å². The highest BCUT2D eigenvalue weighted by atomic mass is 35.5. The van der Waals surface area contributed by atoms with Crippen molar-refractivity contribution in [2.45, 2.75) is 25.8 Å². The van der Waals surface area contributed by atoms with Crippen molar-refractivity contribution in [2.75, 3.05) is 12.5 Å². The molecular weight excluding hydrogens is 166 g/mol. The van der Waals surface area contributed by atoms with E-state index in [-0.39, 0.29) is 18.6 Å². The molecule has 0 aliphatic rings. The highest BCUT2D eigenvalue weighted by molar-refractivity contribution is 6.18. The van der Waals surface area contributed by atoms with Gasteiger partial charge in [0.1, 0.15) is 0 Å². The highest BCUT2D eigenvalue weighted by Crippen LogP contribution is 1.91. The third kappa shape index (κ3) is 6.13. The summed E-state index contributed by atoms with van der Waals surface area (Å²) in [4.78, 5) is 10.9. The van der Waals surface area contributed by atoms with Crippen molar-refractivity contribution in [1.82, 2.24) is 5.32 Å². The first kappa shape index (κ1) is 10.7. The van der Waals surface area contributed by atoms with Crippen molar-refractivity contribution in [1.29, 1.82) is 0 Å². The summed E-state index contributed by atoms with van der Waals surface area (Å²) in [5, 5.41) is 11.2. The van der Waals surface area contributed by atoms with Crippen molar-refractivity contribution in [2.24, 2.45) is 0 Å². The molecule has 2 N–H and O–H groups in total. The zero-order chi connectivity index (χ0) is 8.69. The molecular formula is C7H14ClNO2. The molecule has 11 heavy (non-hydrogen) atoms. The van der Waals surface area contributed by atoms with Crippen LogP contribution in [0.2, 0.25) is 0 Å². The Morgan fingerprint density at radius 2 is 2.36 bits per heavy atom. The first-order valence-electron chi connectivity index (χ1n) is 3.67. The van der Waals surface area contributed by atoms with Gasteiger partial charge in [-0.2, -0.15) is 0 Å². The molecule has 0 radical (unpaired) electrons. The third-order valence-corrected chi connectivity index (χ3v) is 1.48. The van der Waals surface area contributed by atoms with Crippen LogP contribution in [-0.4, -0.2) is 29.5 Å². The van der Waals surface area contributed by atoms with E-state index in [1.165, 1.54) is 0 Å². The number of nitrogens with one attached hydrogen (secondary N) is 1. The average molecular weight is 180 g/mol. The number of carbonyl (C=O) groups excluding carboxylic acids is 1. The molecule has 1 atom stereocenters. The standard InChI is InChI=1S/C7H14ClNO2/c1-6(3-5-10)9-7(11)2-4-8/h6,10H,2-5H2,1H3,(H,9,11). The van der Waals surface area contributed by atoms with Crippen LogP contribution in [-0.2, 0) is 4.79 Å². The molecule has 0 rings (SSSR count). The van der Waals surface area contributed by atoms with Gasteiger partial charge in [-0.05, 0) is 13.3 Å². The number of amides is 1. The Hall–Kier alpha value is -0.280.